The molecule has 0 radical (unpaired) electrons. The number of furan rings is 1. The highest BCUT2D eigenvalue weighted by Gasteiger charge is 2.39. The summed E-state index contributed by atoms with van der Waals surface area (Å²) in [7, 11) is -3.57. The quantitative estimate of drug-likeness (QED) is 0.750. The summed E-state index contributed by atoms with van der Waals surface area (Å²) in [5.41, 5.74) is 0. The Labute approximate surface area is 169 Å². The number of sulfonamides is 1. The zero-order valence-corrected chi connectivity index (χ0v) is 16.8. The Kier molecular flexibility index (Phi) is 5.42. The average molecular weight is 417 g/mol. The number of benzene rings is 1. The van der Waals surface area contributed by atoms with Gasteiger partial charge in [0, 0.05) is 32.7 Å². The van der Waals surface area contributed by atoms with Crippen molar-refractivity contribution in [3.63, 3.8) is 0 Å². The van der Waals surface area contributed by atoms with Gasteiger partial charge in [-0.15, -0.1) is 0 Å². The van der Waals surface area contributed by atoms with Gasteiger partial charge in [0.25, 0.3) is 5.91 Å². The predicted octanol–water partition coefficient (Wildman–Crippen LogP) is 1.42. The second-order valence-corrected chi connectivity index (χ2v) is 9.11. The van der Waals surface area contributed by atoms with Crippen LogP contribution in [0.15, 0.2) is 58.0 Å². The van der Waals surface area contributed by atoms with Gasteiger partial charge < -0.3 is 14.2 Å². The third kappa shape index (κ3) is 3.79. The van der Waals surface area contributed by atoms with Gasteiger partial charge in [-0.05, 0) is 37.1 Å². The lowest BCUT2D eigenvalue weighted by Gasteiger charge is -2.36. The molecule has 2 saturated heterocycles. The highest BCUT2D eigenvalue weighted by Crippen LogP contribution is 2.24. The van der Waals surface area contributed by atoms with Gasteiger partial charge >= 0.3 is 0 Å². The summed E-state index contributed by atoms with van der Waals surface area (Å²) in [5, 5.41) is 0. The van der Waals surface area contributed by atoms with Crippen molar-refractivity contribution in [2.75, 3.05) is 32.7 Å². The van der Waals surface area contributed by atoms with E-state index >= 15 is 0 Å². The molecular weight excluding hydrogens is 394 g/mol. The number of hydrogen-bond acceptors (Lipinski definition) is 5. The van der Waals surface area contributed by atoms with E-state index in [1.54, 1.807) is 52.3 Å². The van der Waals surface area contributed by atoms with Gasteiger partial charge in [0.05, 0.1) is 11.2 Å². The number of hydrogen-bond donors (Lipinski definition) is 0. The first-order valence-electron chi connectivity index (χ1n) is 9.67. The molecule has 1 aromatic heterocycles. The molecule has 2 aliphatic rings. The van der Waals surface area contributed by atoms with Crippen LogP contribution in [-0.2, 0) is 14.8 Å². The Hall–Kier alpha value is -2.65. The third-order valence-corrected chi connectivity index (χ3v) is 7.37. The molecule has 0 spiro atoms. The number of piperazine rings is 1. The topological polar surface area (TPSA) is 91.1 Å². The number of amides is 2. The van der Waals surface area contributed by atoms with E-state index in [4.69, 9.17) is 4.42 Å². The second-order valence-electron chi connectivity index (χ2n) is 7.18. The summed E-state index contributed by atoms with van der Waals surface area (Å²) in [5.74, 6) is -0.182. The molecule has 9 heteroatoms. The van der Waals surface area contributed by atoms with Crippen molar-refractivity contribution in [3.8, 4) is 0 Å². The van der Waals surface area contributed by atoms with Crippen molar-refractivity contribution >= 4 is 21.8 Å². The minimum absolute atomic E-state index is 0.126. The Morgan fingerprint density at radius 2 is 1.66 bits per heavy atom. The van der Waals surface area contributed by atoms with Crippen molar-refractivity contribution in [2.45, 2.75) is 23.8 Å². The maximum Gasteiger partial charge on any atom is 0.290 e. The van der Waals surface area contributed by atoms with E-state index in [9.17, 15) is 18.0 Å². The van der Waals surface area contributed by atoms with Crippen LogP contribution >= 0.6 is 0 Å². The number of rotatable bonds is 4. The van der Waals surface area contributed by atoms with Gasteiger partial charge in [-0.25, -0.2) is 8.42 Å². The van der Waals surface area contributed by atoms with Crippen LogP contribution in [0.2, 0.25) is 0 Å². The van der Waals surface area contributed by atoms with E-state index in [1.807, 2.05) is 0 Å². The first-order valence-corrected chi connectivity index (χ1v) is 11.1. The monoisotopic (exact) mass is 417 g/mol. The largest absolute Gasteiger partial charge is 0.459 e. The maximum absolute atomic E-state index is 13.0. The fourth-order valence-corrected chi connectivity index (χ4v) is 5.35. The smallest absolute Gasteiger partial charge is 0.290 e. The molecule has 0 aliphatic carbocycles. The maximum atomic E-state index is 13.0. The van der Waals surface area contributed by atoms with Crippen molar-refractivity contribution in [1.29, 1.82) is 0 Å². The molecule has 1 aromatic carbocycles. The highest BCUT2D eigenvalue weighted by atomic mass is 32.2. The number of carbonyl (C=O) groups is 2. The molecule has 2 fully saturated rings. The molecule has 0 N–H and O–H groups in total. The molecule has 2 aliphatic heterocycles. The lowest BCUT2D eigenvalue weighted by molar-refractivity contribution is -0.136. The molecule has 2 amide bonds. The van der Waals surface area contributed by atoms with E-state index in [1.165, 1.54) is 10.6 Å². The summed E-state index contributed by atoms with van der Waals surface area (Å²) in [6.07, 6.45) is 2.80. The van der Waals surface area contributed by atoms with Crippen LogP contribution in [0.4, 0.5) is 0 Å². The highest BCUT2D eigenvalue weighted by molar-refractivity contribution is 7.89. The van der Waals surface area contributed by atoms with E-state index in [-0.39, 0.29) is 35.6 Å². The van der Waals surface area contributed by atoms with Gasteiger partial charge in [-0.2, -0.15) is 4.31 Å². The average Bonchev–Trinajstić information content (AvgIpc) is 3.46. The molecule has 2 aromatic rings. The molecule has 154 valence electrons. The first-order chi connectivity index (χ1) is 14.0. The lowest BCUT2D eigenvalue weighted by atomic mass is 10.1. The van der Waals surface area contributed by atoms with Crippen LogP contribution in [0.3, 0.4) is 0 Å². The van der Waals surface area contributed by atoms with E-state index in [0.717, 1.165) is 6.42 Å². The molecule has 4 rings (SSSR count). The summed E-state index contributed by atoms with van der Waals surface area (Å²) in [6.45, 7) is 1.61. The van der Waals surface area contributed by atoms with Crippen LogP contribution < -0.4 is 0 Å². The van der Waals surface area contributed by atoms with Crippen LogP contribution in [0.1, 0.15) is 23.4 Å². The standard InChI is InChI=1S/C20H23N3O5S/c24-19(17-8-4-10-23(17)20(25)18-9-5-15-28-18)21-11-13-22(14-12-21)29(26,27)16-6-2-1-3-7-16/h1-3,5-7,9,15,17H,4,8,10-14H2/t17-/m0/s1. The van der Waals surface area contributed by atoms with Gasteiger partial charge in [-0.3, -0.25) is 9.59 Å². The SMILES string of the molecule is O=C([C@@H]1CCCN1C(=O)c1ccco1)N1CCN(S(=O)(=O)c2ccccc2)CC1. The lowest BCUT2D eigenvalue weighted by Crippen LogP contribution is -2.55. The summed E-state index contributed by atoms with van der Waals surface area (Å²) in [6, 6.07) is 11.0. The Morgan fingerprint density at radius 3 is 2.31 bits per heavy atom. The molecule has 0 unspecified atom stereocenters. The third-order valence-electron chi connectivity index (χ3n) is 5.46. The van der Waals surface area contributed by atoms with Gasteiger partial charge in [0.2, 0.25) is 15.9 Å². The molecular formula is C20H23N3O5S. The Morgan fingerprint density at radius 1 is 0.931 bits per heavy atom. The van der Waals surface area contributed by atoms with Crippen molar-refractivity contribution < 1.29 is 22.4 Å². The molecule has 29 heavy (non-hydrogen) atoms. The molecule has 8 nitrogen and oxygen atoms in total. The number of carbonyl (C=O) groups excluding carboxylic acids is 2. The molecule has 0 saturated carbocycles. The normalized spacial score (nSPS) is 20.8. The Balaban J connectivity index is 1.41. The van der Waals surface area contributed by atoms with Crippen molar-refractivity contribution in [2.24, 2.45) is 0 Å². The minimum Gasteiger partial charge on any atom is -0.459 e. The van der Waals surface area contributed by atoms with Gasteiger partial charge in [0.15, 0.2) is 5.76 Å². The summed E-state index contributed by atoms with van der Waals surface area (Å²) >= 11 is 0. The first kappa shape index (κ1) is 19.7. The fourth-order valence-electron chi connectivity index (χ4n) is 3.91. The van der Waals surface area contributed by atoms with E-state index in [0.29, 0.717) is 26.1 Å². The Bertz CT molecular complexity index is 967. The minimum atomic E-state index is -3.57. The predicted molar refractivity (Wildman–Crippen MR) is 105 cm³/mol. The van der Waals surface area contributed by atoms with Crippen LogP contribution in [0, 0.1) is 0 Å². The zero-order chi connectivity index (χ0) is 20.4. The van der Waals surface area contributed by atoms with Gasteiger partial charge in [0.1, 0.15) is 6.04 Å². The second kappa shape index (κ2) is 8.00. The fraction of sp³-hybridized carbons (Fsp3) is 0.400. The van der Waals surface area contributed by atoms with Crippen molar-refractivity contribution in [3.05, 3.63) is 54.5 Å². The number of nitrogens with zero attached hydrogens (tertiary/aromatic N) is 3. The molecule has 3 heterocycles. The van der Waals surface area contributed by atoms with Crippen LogP contribution in [0.25, 0.3) is 0 Å². The number of likely N-dealkylation sites (tertiary alicyclic amines) is 1. The van der Waals surface area contributed by atoms with Crippen molar-refractivity contribution in [1.82, 2.24) is 14.1 Å². The molecule has 0 bridgehead atoms. The zero-order valence-electron chi connectivity index (χ0n) is 15.9. The van der Waals surface area contributed by atoms with Crippen LogP contribution in [0.5, 0.6) is 0 Å². The summed E-state index contributed by atoms with van der Waals surface area (Å²) < 4.78 is 32.1. The molecule has 1 atom stereocenters. The van der Waals surface area contributed by atoms with Crippen LogP contribution in [-0.4, -0.2) is 73.1 Å². The summed E-state index contributed by atoms with van der Waals surface area (Å²) in [4.78, 5) is 29.1. The van der Waals surface area contributed by atoms with E-state index < -0.39 is 16.1 Å². The van der Waals surface area contributed by atoms with E-state index in [2.05, 4.69) is 0 Å². The van der Waals surface area contributed by atoms with Gasteiger partial charge in [-0.1, -0.05) is 18.2 Å².